The Morgan fingerprint density at radius 3 is 2.93 bits per heavy atom. The maximum atomic E-state index is 11.7. The van der Waals surface area contributed by atoms with Crippen LogP contribution in [0.2, 0.25) is 0 Å². The van der Waals surface area contributed by atoms with Gasteiger partial charge in [-0.25, -0.2) is 4.98 Å². The van der Waals surface area contributed by atoms with Gasteiger partial charge in [0, 0.05) is 13.1 Å². The lowest BCUT2D eigenvalue weighted by Crippen LogP contribution is -2.32. The zero-order chi connectivity index (χ0) is 10.8. The Labute approximate surface area is 85.7 Å². The van der Waals surface area contributed by atoms with Crippen LogP contribution in [0.3, 0.4) is 0 Å². The second kappa shape index (κ2) is 3.68. The Morgan fingerprint density at radius 2 is 2.40 bits per heavy atom. The first-order valence-electron chi connectivity index (χ1n) is 4.62. The van der Waals surface area contributed by atoms with Crippen molar-refractivity contribution in [3.63, 3.8) is 0 Å². The number of carbonyl (C=O) groups is 2. The zero-order valence-electron chi connectivity index (χ0n) is 8.01. The van der Waals surface area contributed by atoms with Gasteiger partial charge in [0.05, 0.1) is 5.92 Å². The molecule has 2 rings (SSSR count). The van der Waals surface area contributed by atoms with Crippen molar-refractivity contribution in [3.05, 3.63) is 12.2 Å². The van der Waals surface area contributed by atoms with Crippen LogP contribution in [0.25, 0.3) is 0 Å². The van der Waals surface area contributed by atoms with Crippen LogP contribution >= 0.6 is 0 Å². The highest BCUT2D eigenvalue weighted by atomic mass is 16.2. The van der Waals surface area contributed by atoms with E-state index in [9.17, 15) is 9.59 Å². The molecule has 15 heavy (non-hydrogen) atoms. The van der Waals surface area contributed by atoms with Gasteiger partial charge in [-0.15, -0.1) is 0 Å². The maximum Gasteiger partial charge on any atom is 0.291 e. The summed E-state index contributed by atoms with van der Waals surface area (Å²) < 4.78 is 0. The van der Waals surface area contributed by atoms with Crippen molar-refractivity contribution < 1.29 is 9.59 Å². The zero-order valence-corrected chi connectivity index (χ0v) is 8.01. The van der Waals surface area contributed by atoms with E-state index in [1.165, 1.54) is 6.33 Å². The molecule has 7 heteroatoms. The molecular weight excluding hydrogens is 198 g/mol. The van der Waals surface area contributed by atoms with Crippen molar-refractivity contribution in [1.29, 1.82) is 0 Å². The van der Waals surface area contributed by atoms with E-state index in [1.54, 1.807) is 4.90 Å². The third-order valence-corrected chi connectivity index (χ3v) is 2.50. The number of nitrogens with one attached hydrogen (secondary N) is 1. The number of nitrogens with zero attached hydrogens (tertiary/aromatic N) is 3. The molecule has 1 aliphatic heterocycles. The number of hydrogen-bond donors (Lipinski definition) is 2. The van der Waals surface area contributed by atoms with Crippen molar-refractivity contribution in [3.8, 4) is 0 Å². The summed E-state index contributed by atoms with van der Waals surface area (Å²) in [5.74, 6) is -0.642. The summed E-state index contributed by atoms with van der Waals surface area (Å²) in [6.45, 7) is 0.905. The van der Waals surface area contributed by atoms with Crippen molar-refractivity contribution in [2.45, 2.75) is 6.42 Å². The number of rotatable bonds is 2. The van der Waals surface area contributed by atoms with Gasteiger partial charge in [-0.1, -0.05) is 0 Å². The van der Waals surface area contributed by atoms with Gasteiger partial charge in [-0.05, 0) is 6.42 Å². The van der Waals surface area contributed by atoms with E-state index >= 15 is 0 Å². The lowest BCUT2D eigenvalue weighted by molar-refractivity contribution is -0.121. The van der Waals surface area contributed by atoms with Crippen LogP contribution in [0.4, 0.5) is 0 Å². The molecule has 0 aromatic carbocycles. The number of aromatic amines is 1. The van der Waals surface area contributed by atoms with Crippen LogP contribution in [-0.4, -0.2) is 45.0 Å². The molecule has 1 fully saturated rings. The monoisotopic (exact) mass is 209 g/mol. The number of primary amides is 1. The van der Waals surface area contributed by atoms with E-state index in [4.69, 9.17) is 5.73 Å². The number of nitrogens with two attached hydrogens (primary N) is 1. The highest BCUT2D eigenvalue weighted by molar-refractivity contribution is 5.91. The minimum absolute atomic E-state index is 0.195. The van der Waals surface area contributed by atoms with Crippen LogP contribution in [0.15, 0.2) is 6.33 Å². The number of aromatic nitrogens is 3. The first-order chi connectivity index (χ1) is 7.18. The summed E-state index contributed by atoms with van der Waals surface area (Å²) in [6, 6.07) is 0. The normalized spacial score (nSPS) is 20.5. The van der Waals surface area contributed by atoms with E-state index in [2.05, 4.69) is 15.2 Å². The summed E-state index contributed by atoms with van der Waals surface area (Å²) in [7, 11) is 0. The van der Waals surface area contributed by atoms with Crippen LogP contribution in [0, 0.1) is 5.92 Å². The van der Waals surface area contributed by atoms with Crippen LogP contribution in [-0.2, 0) is 4.79 Å². The average molecular weight is 209 g/mol. The van der Waals surface area contributed by atoms with Crippen molar-refractivity contribution in [1.82, 2.24) is 20.1 Å². The van der Waals surface area contributed by atoms with E-state index in [0.717, 1.165) is 0 Å². The predicted molar refractivity (Wildman–Crippen MR) is 49.6 cm³/mol. The quantitative estimate of drug-likeness (QED) is 0.635. The molecule has 1 aliphatic rings. The molecule has 0 aliphatic carbocycles. The number of hydrogen-bond acceptors (Lipinski definition) is 4. The van der Waals surface area contributed by atoms with Gasteiger partial charge in [0.15, 0.2) is 0 Å². The molecule has 2 amide bonds. The first kappa shape index (κ1) is 9.63. The fraction of sp³-hybridized carbons (Fsp3) is 0.500. The number of likely N-dealkylation sites (tertiary alicyclic amines) is 1. The standard InChI is InChI=1S/C8H11N5O2/c9-6(14)5-1-2-13(3-5)8(15)7-10-4-11-12-7/h4-5H,1-3H2,(H2,9,14)(H,10,11,12). The van der Waals surface area contributed by atoms with Gasteiger partial charge in [0.1, 0.15) is 6.33 Å². The second-order valence-electron chi connectivity index (χ2n) is 3.47. The summed E-state index contributed by atoms with van der Waals surface area (Å²) >= 11 is 0. The molecule has 1 aromatic rings. The van der Waals surface area contributed by atoms with Gasteiger partial charge in [0.2, 0.25) is 11.7 Å². The molecule has 0 saturated carbocycles. The van der Waals surface area contributed by atoms with Gasteiger partial charge in [0.25, 0.3) is 5.91 Å². The highest BCUT2D eigenvalue weighted by Crippen LogP contribution is 2.16. The number of amides is 2. The summed E-state index contributed by atoms with van der Waals surface area (Å²) in [4.78, 5) is 27.9. The van der Waals surface area contributed by atoms with Crippen molar-refractivity contribution in [2.75, 3.05) is 13.1 Å². The predicted octanol–water partition coefficient (Wildman–Crippen LogP) is -1.25. The molecule has 1 atom stereocenters. The molecular formula is C8H11N5O2. The third kappa shape index (κ3) is 1.80. The smallest absolute Gasteiger partial charge is 0.291 e. The van der Waals surface area contributed by atoms with E-state index in [-0.39, 0.29) is 23.6 Å². The molecule has 2 heterocycles. The van der Waals surface area contributed by atoms with Crippen molar-refractivity contribution in [2.24, 2.45) is 11.7 Å². The Hall–Kier alpha value is -1.92. The Kier molecular flexibility index (Phi) is 2.36. The van der Waals surface area contributed by atoms with Crippen molar-refractivity contribution >= 4 is 11.8 Å². The van der Waals surface area contributed by atoms with Crippen LogP contribution in [0.5, 0.6) is 0 Å². The maximum absolute atomic E-state index is 11.7. The topological polar surface area (TPSA) is 105 Å². The molecule has 0 spiro atoms. The molecule has 1 saturated heterocycles. The summed E-state index contributed by atoms with van der Waals surface area (Å²) in [6.07, 6.45) is 1.89. The van der Waals surface area contributed by atoms with E-state index in [0.29, 0.717) is 19.5 Å². The van der Waals surface area contributed by atoms with Gasteiger partial charge in [-0.2, -0.15) is 5.10 Å². The molecule has 1 aromatic heterocycles. The summed E-state index contributed by atoms with van der Waals surface area (Å²) in [5.41, 5.74) is 5.17. The largest absolute Gasteiger partial charge is 0.369 e. The first-order valence-corrected chi connectivity index (χ1v) is 4.62. The van der Waals surface area contributed by atoms with Gasteiger partial charge >= 0.3 is 0 Å². The lowest BCUT2D eigenvalue weighted by atomic mass is 10.1. The minimum atomic E-state index is -0.358. The minimum Gasteiger partial charge on any atom is -0.369 e. The molecule has 80 valence electrons. The second-order valence-corrected chi connectivity index (χ2v) is 3.47. The average Bonchev–Trinajstić information content (AvgIpc) is 2.88. The molecule has 3 N–H and O–H groups in total. The fourth-order valence-electron chi connectivity index (χ4n) is 1.64. The number of H-pyrrole nitrogens is 1. The third-order valence-electron chi connectivity index (χ3n) is 2.50. The SMILES string of the molecule is NC(=O)C1CCN(C(=O)c2ncn[nH]2)C1. The van der Waals surface area contributed by atoms with E-state index < -0.39 is 0 Å². The summed E-state index contributed by atoms with van der Waals surface area (Å²) in [5, 5.41) is 6.08. The van der Waals surface area contributed by atoms with Crippen LogP contribution in [0.1, 0.15) is 17.0 Å². The molecule has 1 unspecified atom stereocenters. The number of carbonyl (C=O) groups excluding carboxylic acids is 2. The molecule has 7 nitrogen and oxygen atoms in total. The Balaban J connectivity index is 2.02. The van der Waals surface area contributed by atoms with Crippen LogP contribution < -0.4 is 5.73 Å². The Bertz CT molecular complexity index is 374. The Morgan fingerprint density at radius 1 is 1.60 bits per heavy atom. The fourth-order valence-corrected chi connectivity index (χ4v) is 1.64. The van der Waals surface area contributed by atoms with E-state index in [1.807, 2.05) is 0 Å². The lowest BCUT2D eigenvalue weighted by Gasteiger charge is -2.13. The highest BCUT2D eigenvalue weighted by Gasteiger charge is 2.31. The van der Waals surface area contributed by atoms with Gasteiger partial charge < -0.3 is 10.6 Å². The molecule has 0 radical (unpaired) electrons. The molecule has 0 bridgehead atoms. The van der Waals surface area contributed by atoms with Gasteiger partial charge in [-0.3, -0.25) is 14.7 Å².